The van der Waals surface area contributed by atoms with E-state index in [2.05, 4.69) is 5.92 Å². The number of rotatable bonds is 7. The van der Waals surface area contributed by atoms with Gasteiger partial charge in [0.05, 0.1) is 19.6 Å². The van der Waals surface area contributed by atoms with Crippen molar-refractivity contribution in [3.05, 3.63) is 23.8 Å². The van der Waals surface area contributed by atoms with Crippen LogP contribution in [0.3, 0.4) is 0 Å². The van der Waals surface area contributed by atoms with E-state index in [9.17, 15) is 4.79 Å². The molecule has 0 bridgehead atoms. The van der Waals surface area contributed by atoms with E-state index >= 15 is 0 Å². The third kappa shape index (κ3) is 4.51. The van der Waals surface area contributed by atoms with Crippen LogP contribution in [0.4, 0.5) is 0 Å². The number of hydrogen-bond acceptors (Lipinski definition) is 4. The van der Waals surface area contributed by atoms with Crippen molar-refractivity contribution in [2.75, 3.05) is 20.3 Å². The second-order valence-electron chi connectivity index (χ2n) is 4.34. The van der Waals surface area contributed by atoms with Gasteiger partial charge in [0.25, 0.3) is 0 Å². The molecule has 1 aromatic rings. The van der Waals surface area contributed by atoms with Gasteiger partial charge in [0.1, 0.15) is 6.61 Å². The molecule has 0 radical (unpaired) electrons. The fraction of sp³-hybridized carbons (Fsp3) is 0.438. The largest absolute Gasteiger partial charge is 0.493 e. The van der Waals surface area contributed by atoms with Crippen molar-refractivity contribution in [2.45, 2.75) is 20.3 Å². The number of esters is 1. The second-order valence-corrected chi connectivity index (χ2v) is 4.34. The first-order valence-corrected chi connectivity index (χ1v) is 6.52. The Morgan fingerprint density at radius 1 is 1.40 bits per heavy atom. The SMILES string of the molecule is C#CCOc1ccc(CC(C)C(=O)OCC)cc1OC. The molecule has 1 rings (SSSR count). The second kappa shape index (κ2) is 8.11. The molecule has 1 atom stereocenters. The Kier molecular flexibility index (Phi) is 6.45. The van der Waals surface area contributed by atoms with Crippen LogP contribution in [0.2, 0.25) is 0 Å². The van der Waals surface area contributed by atoms with Crippen molar-refractivity contribution in [1.29, 1.82) is 0 Å². The van der Waals surface area contributed by atoms with E-state index in [4.69, 9.17) is 20.6 Å². The highest BCUT2D eigenvalue weighted by Gasteiger charge is 2.15. The lowest BCUT2D eigenvalue weighted by molar-refractivity contribution is -0.147. The fourth-order valence-electron chi connectivity index (χ4n) is 1.80. The number of benzene rings is 1. The Morgan fingerprint density at radius 3 is 2.75 bits per heavy atom. The molecule has 0 aliphatic carbocycles. The minimum Gasteiger partial charge on any atom is -0.493 e. The summed E-state index contributed by atoms with van der Waals surface area (Å²) in [5.74, 6) is 3.21. The molecule has 20 heavy (non-hydrogen) atoms. The lowest BCUT2D eigenvalue weighted by atomic mass is 10.0. The zero-order valence-corrected chi connectivity index (χ0v) is 12.1. The molecule has 0 saturated carbocycles. The molecule has 0 aliphatic heterocycles. The van der Waals surface area contributed by atoms with Gasteiger partial charge in [-0.2, -0.15) is 0 Å². The highest BCUT2D eigenvalue weighted by atomic mass is 16.5. The van der Waals surface area contributed by atoms with Gasteiger partial charge < -0.3 is 14.2 Å². The first-order chi connectivity index (χ1) is 9.62. The molecule has 0 aromatic heterocycles. The van der Waals surface area contributed by atoms with Gasteiger partial charge in [-0.3, -0.25) is 4.79 Å². The molecule has 0 spiro atoms. The highest BCUT2D eigenvalue weighted by molar-refractivity contribution is 5.72. The number of carbonyl (C=O) groups is 1. The van der Waals surface area contributed by atoms with Crippen LogP contribution in [0.15, 0.2) is 18.2 Å². The van der Waals surface area contributed by atoms with Gasteiger partial charge in [0, 0.05) is 0 Å². The van der Waals surface area contributed by atoms with Gasteiger partial charge in [0.2, 0.25) is 0 Å². The molecule has 0 aliphatic rings. The lowest BCUT2D eigenvalue weighted by Crippen LogP contribution is -2.16. The van der Waals surface area contributed by atoms with E-state index in [0.29, 0.717) is 24.5 Å². The summed E-state index contributed by atoms with van der Waals surface area (Å²) < 4.78 is 15.6. The molecule has 1 unspecified atom stereocenters. The van der Waals surface area contributed by atoms with E-state index in [1.807, 2.05) is 19.1 Å². The van der Waals surface area contributed by atoms with Crippen molar-refractivity contribution in [1.82, 2.24) is 0 Å². The zero-order chi connectivity index (χ0) is 15.0. The summed E-state index contributed by atoms with van der Waals surface area (Å²) in [6.07, 6.45) is 5.75. The Morgan fingerprint density at radius 2 is 2.15 bits per heavy atom. The Labute approximate surface area is 120 Å². The van der Waals surface area contributed by atoms with E-state index in [0.717, 1.165) is 5.56 Å². The number of ether oxygens (including phenoxy) is 3. The van der Waals surface area contributed by atoms with Crippen LogP contribution in [0.5, 0.6) is 11.5 Å². The van der Waals surface area contributed by atoms with Crippen LogP contribution < -0.4 is 9.47 Å². The Bertz CT molecular complexity index is 488. The molecule has 0 amide bonds. The monoisotopic (exact) mass is 276 g/mol. The fourth-order valence-corrected chi connectivity index (χ4v) is 1.80. The van der Waals surface area contributed by atoms with Gasteiger partial charge in [0.15, 0.2) is 11.5 Å². The average Bonchev–Trinajstić information content (AvgIpc) is 2.45. The average molecular weight is 276 g/mol. The minimum absolute atomic E-state index is 0.189. The summed E-state index contributed by atoms with van der Waals surface area (Å²) in [5, 5.41) is 0. The molecule has 1 aromatic carbocycles. The number of methoxy groups -OCH3 is 1. The minimum atomic E-state index is -0.197. The van der Waals surface area contributed by atoms with E-state index in [-0.39, 0.29) is 18.5 Å². The molecular weight excluding hydrogens is 256 g/mol. The molecule has 0 saturated heterocycles. The molecule has 108 valence electrons. The van der Waals surface area contributed by atoms with Crippen LogP contribution in [0.25, 0.3) is 0 Å². The molecule has 4 heteroatoms. The summed E-state index contributed by atoms with van der Waals surface area (Å²) in [6.45, 7) is 4.22. The molecule has 0 heterocycles. The molecular formula is C16H20O4. The van der Waals surface area contributed by atoms with E-state index in [1.54, 1.807) is 20.1 Å². The maximum atomic E-state index is 11.6. The first kappa shape index (κ1) is 15.9. The van der Waals surface area contributed by atoms with Crippen LogP contribution in [-0.4, -0.2) is 26.3 Å². The smallest absolute Gasteiger partial charge is 0.308 e. The van der Waals surface area contributed by atoms with Gasteiger partial charge >= 0.3 is 5.97 Å². The van der Waals surface area contributed by atoms with Crippen molar-refractivity contribution < 1.29 is 19.0 Å². The zero-order valence-electron chi connectivity index (χ0n) is 12.1. The predicted molar refractivity (Wildman–Crippen MR) is 76.8 cm³/mol. The standard InChI is InChI=1S/C16H20O4/c1-5-9-20-14-8-7-13(11-15(14)18-4)10-12(3)16(17)19-6-2/h1,7-8,11-12H,6,9-10H2,2-4H3. The number of hydrogen-bond donors (Lipinski definition) is 0. The number of carbonyl (C=O) groups excluding carboxylic acids is 1. The Balaban J connectivity index is 2.77. The summed E-state index contributed by atoms with van der Waals surface area (Å²) >= 11 is 0. The van der Waals surface area contributed by atoms with E-state index in [1.165, 1.54) is 0 Å². The van der Waals surface area contributed by atoms with Crippen molar-refractivity contribution >= 4 is 5.97 Å². The van der Waals surface area contributed by atoms with Gasteiger partial charge in [-0.1, -0.05) is 18.9 Å². The third-order valence-electron chi connectivity index (χ3n) is 2.77. The Hall–Kier alpha value is -2.15. The third-order valence-corrected chi connectivity index (χ3v) is 2.77. The van der Waals surface area contributed by atoms with E-state index < -0.39 is 0 Å². The highest BCUT2D eigenvalue weighted by Crippen LogP contribution is 2.29. The molecule has 0 N–H and O–H groups in total. The van der Waals surface area contributed by atoms with Crippen LogP contribution in [0.1, 0.15) is 19.4 Å². The van der Waals surface area contributed by atoms with Crippen molar-refractivity contribution in [3.63, 3.8) is 0 Å². The predicted octanol–water partition coefficient (Wildman–Crippen LogP) is 2.45. The van der Waals surface area contributed by atoms with Gasteiger partial charge in [-0.15, -0.1) is 6.42 Å². The summed E-state index contributed by atoms with van der Waals surface area (Å²) in [5.41, 5.74) is 0.982. The molecule has 0 fully saturated rings. The summed E-state index contributed by atoms with van der Waals surface area (Å²) in [4.78, 5) is 11.6. The van der Waals surface area contributed by atoms with Crippen LogP contribution in [0, 0.1) is 18.3 Å². The lowest BCUT2D eigenvalue weighted by Gasteiger charge is -2.13. The summed E-state index contributed by atoms with van der Waals surface area (Å²) in [7, 11) is 1.57. The first-order valence-electron chi connectivity index (χ1n) is 6.52. The van der Waals surface area contributed by atoms with Gasteiger partial charge in [-0.25, -0.2) is 0 Å². The topological polar surface area (TPSA) is 44.8 Å². The van der Waals surface area contributed by atoms with Crippen LogP contribution >= 0.6 is 0 Å². The normalized spacial score (nSPS) is 11.3. The number of terminal acetylenes is 1. The molecule has 4 nitrogen and oxygen atoms in total. The van der Waals surface area contributed by atoms with Crippen molar-refractivity contribution in [3.8, 4) is 23.8 Å². The maximum absolute atomic E-state index is 11.6. The van der Waals surface area contributed by atoms with Crippen LogP contribution in [-0.2, 0) is 16.0 Å². The maximum Gasteiger partial charge on any atom is 0.308 e. The van der Waals surface area contributed by atoms with Gasteiger partial charge in [-0.05, 0) is 31.0 Å². The quantitative estimate of drug-likeness (QED) is 0.567. The summed E-state index contributed by atoms with van der Waals surface area (Å²) in [6, 6.07) is 5.54. The van der Waals surface area contributed by atoms with Crippen molar-refractivity contribution in [2.24, 2.45) is 5.92 Å².